The van der Waals surface area contributed by atoms with Gasteiger partial charge in [0, 0.05) is 23.4 Å². The molecule has 1 fully saturated rings. The molecule has 24 heavy (non-hydrogen) atoms. The molecule has 1 atom stereocenters. The number of hydrogen-bond acceptors (Lipinski definition) is 4. The van der Waals surface area contributed by atoms with Gasteiger partial charge >= 0.3 is 0 Å². The van der Waals surface area contributed by atoms with E-state index in [1.807, 2.05) is 12.1 Å². The zero-order valence-corrected chi connectivity index (χ0v) is 16.2. The van der Waals surface area contributed by atoms with Crippen molar-refractivity contribution in [2.24, 2.45) is 0 Å². The van der Waals surface area contributed by atoms with Crippen molar-refractivity contribution in [3.63, 3.8) is 0 Å². The third kappa shape index (κ3) is 3.61. The zero-order valence-electron chi connectivity index (χ0n) is 13.2. The van der Waals surface area contributed by atoms with Crippen LogP contribution in [-0.4, -0.2) is 38.8 Å². The molecule has 128 valence electrons. The third-order valence-electron chi connectivity index (χ3n) is 4.32. The van der Waals surface area contributed by atoms with E-state index in [4.69, 9.17) is 0 Å². The van der Waals surface area contributed by atoms with Crippen LogP contribution in [0.4, 0.5) is 0 Å². The van der Waals surface area contributed by atoms with Crippen molar-refractivity contribution in [3.05, 3.63) is 29.3 Å². The van der Waals surface area contributed by atoms with E-state index >= 15 is 0 Å². The molecule has 2 heterocycles. The molecule has 2 aliphatic heterocycles. The fraction of sp³-hybridized carbons (Fsp3) is 0.471. The van der Waals surface area contributed by atoms with Gasteiger partial charge in [0.1, 0.15) is 6.04 Å². The number of rotatable bonds is 6. The smallest absolute Gasteiger partial charge is 0.255 e. The van der Waals surface area contributed by atoms with Gasteiger partial charge in [0.2, 0.25) is 11.8 Å². The van der Waals surface area contributed by atoms with Crippen LogP contribution in [0.15, 0.2) is 23.1 Å². The van der Waals surface area contributed by atoms with Gasteiger partial charge in [0.15, 0.2) is 0 Å². The number of carbonyl (C=O) groups is 3. The number of hydrogen-bond donors (Lipinski definition) is 1. The lowest BCUT2D eigenvalue weighted by Gasteiger charge is -2.29. The molecule has 0 saturated carbocycles. The van der Waals surface area contributed by atoms with Crippen LogP contribution < -0.4 is 5.32 Å². The first-order valence-corrected chi connectivity index (χ1v) is 10.6. The third-order valence-corrected chi connectivity index (χ3v) is 6.27. The maximum Gasteiger partial charge on any atom is 0.255 e. The molecule has 2 aliphatic rings. The summed E-state index contributed by atoms with van der Waals surface area (Å²) in [5.41, 5.74) is 1.71. The molecular weight excluding hydrogens is 439 g/mol. The topological polar surface area (TPSA) is 66.5 Å². The monoisotopic (exact) mass is 458 g/mol. The highest BCUT2D eigenvalue weighted by molar-refractivity contribution is 14.1. The molecule has 0 spiro atoms. The maximum atomic E-state index is 12.7. The fourth-order valence-electron chi connectivity index (χ4n) is 3.07. The molecule has 3 amide bonds. The van der Waals surface area contributed by atoms with Crippen LogP contribution in [0.3, 0.4) is 0 Å². The molecule has 1 saturated heterocycles. The molecule has 1 aromatic carbocycles. The minimum atomic E-state index is -0.542. The standard InChI is InChI=1S/C17H19IN2O3S/c18-8-1-2-9-24-14-5-3-4-11-12(14)10-20(17(11)23)13-6-7-15(21)19-16(13)22/h3-5,13H,1-2,6-10H2,(H,19,21,22). The van der Waals surface area contributed by atoms with Crippen molar-refractivity contribution >= 4 is 52.1 Å². The van der Waals surface area contributed by atoms with Crippen LogP contribution in [0, 0.1) is 0 Å². The van der Waals surface area contributed by atoms with E-state index in [0.717, 1.165) is 27.1 Å². The summed E-state index contributed by atoms with van der Waals surface area (Å²) in [7, 11) is 0. The molecule has 0 radical (unpaired) electrons. The van der Waals surface area contributed by atoms with Gasteiger partial charge in [-0.3, -0.25) is 19.7 Å². The van der Waals surface area contributed by atoms with Crippen LogP contribution in [0.1, 0.15) is 41.6 Å². The van der Waals surface area contributed by atoms with Crippen molar-refractivity contribution in [3.8, 4) is 0 Å². The minimum absolute atomic E-state index is 0.103. The largest absolute Gasteiger partial charge is 0.322 e. The molecule has 1 N–H and O–H groups in total. The molecule has 0 aliphatic carbocycles. The molecule has 5 nitrogen and oxygen atoms in total. The summed E-state index contributed by atoms with van der Waals surface area (Å²) in [4.78, 5) is 38.8. The van der Waals surface area contributed by atoms with Crippen molar-refractivity contribution in [2.75, 3.05) is 10.2 Å². The summed E-state index contributed by atoms with van der Waals surface area (Å²) in [6.45, 7) is 0.454. The summed E-state index contributed by atoms with van der Waals surface area (Å²) in [5, 5.41) is 2.34. The Hall–Kier alpha value is -1.09. The Labute approximate surface area is 159 Å². The summed E-state index contributed by atoms with van der Waals surface area (Å²) in [5.74, 6) is 0.316. The molecule has 0 bridgehead atoms. The van der Waals surface area contributed by atoms with Crippen molar-refractivity contribution in [1.29, 1.82) is 0 Å². The first-order valence-electron chi connectivity index (χ1n) is 8.07. The predicted molar refractivity (Wildman–Crippen MR) is 101 cm³/mol. The highest BCUT2D eigenvalue weighted by Gasteiger charge is 2.39. The molecule has 3 rings (SSSR count). The maximum absolute atomic E-state index is 12.7. The van der Waals surface area contributed by atoms with Crippen LogP contribution in [0.25, 0.3) is 0 Å². The quantitative estimate of drug-likeness (QED) is 0.234. The number of carbonyl (C=O) groups excluding carboxylic acids is 3. The van der Waals surface area contributed by atoms with E-state index in [-0.39, 0.29) is 24.1 Å². The number of imide groups is 1. The van der Waals surface area contributed by atoms with E-state index in [9.17, 15) is 14.4 Å². The second-order valence-electron chi connectivity index (χ2n) is 5.93. The van der Waals surface area contributed by atoms with Gasteiger partial charge < -0.3 is 4.90 Å². The lowest BCUT2D eigenvalue weighted by atomic mass is 10.0. The van der Waals surface area contributed by atoms with Gasteiger partial charge in [-0.25, -0.2) is 0 Å². The van der Waals surface area contributed by atoms with Crippen LogP contribution in [-0.2, 0) is 16.1 Å². The van der Waals surface area contributed by atoms with Gasteiger partial charge in [0.25, 0.3) is 5.91 Å². The van der Waals surface area contributed by atoms with Gasteiger partial charge in [-0.05, 0) is 47.1 Å². The molecule has 7 heteroatoms. The molecule has 1 aromatic rings. The number of benzene rings is 1. The Balaban J connectivity index is 1.75. The van der Waals surface area contributed by atoms with Gasteiger partial charge in [-0.2, -0.15) is 0 Å². The van der Waals surface area contributed by atoms with Crippen molar-refractivity contribution in [2.45, 2.75) is 43.2 Å². The van der Waals surface area contributed by atoms with E-state index in [1.165, 1.54) is 6.42 Å². The van der Waals surface area contributed by atoms with E-state index < -0.39 is 6.04 Å². The highest BCUT2D eigenvalue weighted by atomic mass is 127. The van der Waals surface area contributed by atoms with E-state index in [0.29, 0.717) is 18.5 Å². The van der Waals surface area contributed by atoms with Crippen LogP contribution in [0.2, 0.25) is 0 Å². The number of nitrogens with zero attached hydrogens (tertiary/aromatic N) is 1. The van der Waals surface area contributed by atoms with Crippen molar-refractivity contribution < 1.29 is 14.4 Å². The molecular formula is C17H19IN2O3S. The average Bonchev–Trinajstić information content (AvgIpc) is 2.89. The summed E-state index contributed by atoms with van der Waals surface area (Å²) >= 11 is 4.16. The van der Waals surface area contributed by atoms with Gasteiger partial charge in [0.05, 0.1) is 0 Å². The Morgan fingerprint density at radius 3 is 2.83 bits per heavy atom. The first-order chi connectivity index (χ1) is 11.6. The second kappa shape index (κ2) is 7.86. The number of thioether (sulfide) groups is 1. The van der Waals surface area contributed by atoms with Crippen LogP contribution >= 0.6 is 34.4 Å². The summed E-state index contributed by atoms with van der Waals surface area (Å²) in [6, 6.07) is 5.25. The number of halogens is 1. The van der Waals surface area contributed by atoms with Crippen molar-refractivity contribution in [1.82, 2.24) is 10.2 Å². The average molecular weight is 458 g/mol. The molecule has 0 aromatic heterocycles. The Morgan fingerprint density at radius 2 is 2.08 bits per heavy atom. The van der Waals surface area contributed by atoms with Gasteiger partial charge in [-0.1, -0.05) is 28.7 Å². The zero-order chi connectivity index (χ0) is 17.1. The highest BCUT2D eigenvalue weighted by Crippen LogP contribution is 2.34. The van der Waals surface area contributed by atoms with Gasteiger partial charge in [-0.15, -0.1) is 11.8 Å². The molecule has 1 unspecified atom stereocenters. The SMILES string of the molecule is O=C1CCC(N2Cc3c(SCCCCI)cccc3C2=O)C(=O)N1. The number of fused-ring (bicyclic) bond motifs is 1. The fourth-order valence-corrected chi connectivity index (χ4v) is 4.70. The first kappa shape index (κ1) is 17.7. The number of nitrogens with one attached hydrogen (secondary N) is 1. The second-order valence-corrected chi connectivity index (χ2v) is 8.14. The summed E-state index contributed by atoms with van der Waals surface area (Å²) in [6.07, 6.45) is 3.04. The lowest BCUT2D eigenvalue weighted by molar-refractivity contribution is -0.136. The minimum Gasteiger partial charge on any atom is -0.322 e. The summed E-state index contributed by atoms with van der Waals surface area (Å²) < 4.78 is 1.16. The van der Waals surface area contributed by atoms with Crippen LogP contribution in [0.5, 0.6) is 0 Å². The predicted octanol–water partition coefficient (Wildman–Crippen LogP) is 2.75. The lowest BCUT2D eigenvalue weighted by Crippen LogP contribution is -2.52. The number of alkyl halides is 1. The van der Waals surface area contributed by atoms with E-state index in [2.05, 4.69) is 34.0 Å². The Morgan fingerprint density at radius 1 is 1.25 bits per heavy atom. The Bertz CT molecular complexity index is 680. The normalized spacial score (nSPS) is 20.3. The number of amides is 3. The Kier molecular flexibility index (Phi) is 5.80. The number of unbranched alkanes of at least 4 members (excludes halogenated alkanes) is 1. The van der Waals surface area contributed by atoms with E-state index in [1.54, 1.807) is 16.7 Å². The number of piperidine rings is 1.